The zero-order chi connectivity index (χ0) is 18.8. The van der Waals surface area contributed by atoms with Crippen LogP contribution in [0, 0.1) is 0 Å². The minimum Gasteiger partial charge on any atom is -0.494 e. The van der Waals surface area contributed by atoms with E-state index in [1.54, 1.807) is 12.1 Å². The molecule has 7 nitrogen and oxygen atoms in total. The number of hydrogen-bond acceptors (Lipinski definition) is 5. The van der Waals surface area contributed by atoms with Crippen LogP contribution in [0.3, 0.4) is 0 Å². The van der Waals surface area contributed by atoms with Crippen LogP contribution in [0.5, 0.6) is 5.75 Å². The molecule has 0 spiro atoms. The van der Waals surface area contributed by atoms with Gasteiger partial charge in [0.15, 0.2) is 0 Å². The SMILES string of the molecule is CCOc1ccc(S(=O)(=O)Nc2ccc(S(=O)(=O)NC3CC3)cc2)cc1. The second-order valence-corrected chi connectivity index (χ2v) is 9.33. The van der Waals surface area contributed by atoms with Gasteiger partial charge in [0.1, 0.15) is 5.75 Å². The second kappa shape index (κ2) is 7.26. The minimum absolute atomic E-state index is 0.0119. The molecule has 2 N–H and O–H groups in total. The first-order chi connectivity index (χ1) is 12.3. The standard InChI is InChI=1S/C17H20N2O5S2/c1-2-24-15-7-11-17(12-8-15)26(22,23)19-14-5-9-16(10-6-14)25(20,21)18-13-3-4-13/h5-13,18-19H,2-4H2,1H3. The van der Waals surface area contributed by atoms with E-state index in [4.69, 9.17) is 4.74 Å². The average molecular weight is 396 g/mol. The summed E-state index contributed by atoms with van der Waals surface area (Å²) in [6, 6.07) is 11.7. The highest BCUT2D eigenvalue weighted by Crippen LogP contribution is 2.24. The number of rotatable bonds is 8. The predicted octanol–water partition coefficient (Wildman–Crippen LogP) is 2.33. The van der Waals surface area contributed by atoms with Crippen LogP contribution in [0.1, 0.15) is 19.8 Å². The molecular formula is C17H20N2O5S2. The maximum Gasteiger partial charge on any atom is 0.261 e. The van der Waals surface area contributed by atoms with Crippen LogP contribution in [0.15, 0.2) is 58.3 Å². The molecule has 9 heteroatoms. The van der Waals surface area contributed by atoms with E-state index in [0.29, 0.717) is 12.4 Å². The quantitative estimate of drug-likeness (QED) is 0.713. The van der Waals surface area contributed by atoms with Crippen LogP contribution in [0.2, 0.25) is 0 Å². The summed E-state index contributed by atoms with van der Waals surface area (Å²) in [7, 11) is -7.33. The van der Waals surface area contributed by atoms with Crippen molar-refractivity contribution in [1.29, 1.82) is 0 Å². The normalized spacial score (nSPS) is 14.8. The lowest BCUT2D eigenvalue weighted by Crippen LogP contribution is -2.25. The summed E-state index contributed by atoms with van der Waals surface area (Å²) in [5.74, 6) is 0.587. The van der Waals surface area contributed by atoms with Crippen molar-refractivity contribution in [2.24, 2.45) is 0 Å². The van der Waals surface area contributed by atoms with Gasteiger partial charge in [0, 0.05) is 11.7 Å². The van der Waals surface area contributed by atoms with Crippen LogP contribution in [-0.2, 0) is 20.0 Å². The van der Waals surface area contributed by atoms with Gasteiger partial charge in [0.05, 0.1) is 16.4 Å². The summed E-state index contributed by atoms with van der Waals surface area (Å²) >= 11 is 0. The molecule has 2 aromatic carbocycles. The Morgan fingerprint density at radius 2 is 1.42 bits per heavy atom. The molecule has 1 fully saturated rings. The topological polar surface area (TPSA) is 102 Å². The number of benzene rings is 2. The van der Waals surface area contributed by atoms with Crippen LogP contribution in [0.4, 0.5) is 5.69 Å². The summed E-state index contributed by atoms with van der Waals surface area (Å²) in [6.07, 6.45) is 1.69. The molecule has 0 bridgehead atoms. The molecule has 1 aliphatic rings. The highest BCUT2D eigenvalue weighted by atomic mass is 32.2. The Labute approximate surface area is 153 Å². The number of anilines is 1. The van der Waals surface area contributed by atoms with Crippen molar-refractivity contribution in [3.63, 3.8) is 0 Å². The van der Waals surface area contributed by atoms with Crippen molar-refractivity contribution >= 4 is 25.7 Å². The van der Waals surface area contributed by atoms with E-state index in [1.165, 1.54) is 36.4 Å². The third kappa shape index (κ3) is 4.54. The molecule has 140 valence electrons. The predicted molar refractivity (Wildman–Crippen MR) is 98.2 cm³/mol. The van der Waals surface area contributed by atoms with Crippen molar-refractivity contribution in [1.82, 2.24) is 4.72 Å². The van der Waals surface area contributed by atoms with Gasteiger partial charge >= 0.3 is 0 Å². The van der Waals surface area contributed by atoms with E-state index in [0.717, 1.165) is 12.8 Å². The lowest BCUT2D eigenvalue weighted by Gasteiger charge is -2.10. The summed E-state index contributed by atoms with van der Waals surface area (Å²) < 4.78 is 59.4. The molecular weight excluding hydrogens is 376 g/mol. The Bertz CT molecular complexity index is 965. The molecule has 0 aliphatic heterocycles. The van der Waals surface area contributed by atoms with Crippen LogP contribution in [-0.4, -0.2) is 29.5 Å². The monoisotopic (exact) mass is 396 g/mol. The molecule has 0 atom stereocenters. The van der Waals surface area contributed by atoms with Gasteiger partial charge in [-0.25, -0.2) is 21.6 Å². The van der Waals surface area contributed by atoms with Gasteiger partial charge in [0.2, 0.25) is 10.0 Å². The molecule has 1 aliphatic carbocycles. The fraction of sp³-hybridized carbons (Fsp3) is 0.294. The summed E-state index contributed by atoms with van der Waals surface area (Å²) in [5, 5.41) is 0. The first-order valence-corrected chi connectivity index (χ1v) is 11.1. The Kier molecular flexibility index (Phi) is 5.22. The maximum absolute atomic E-state index is 12.4. The third-order valence-corrected chi connectivity index (χ3v) is 6.69. The van der Waals surface area contributed by atoms with Crippen molar-refractivity contribution < 1.29 is 21.6 Å². The van der Waals surface area contributed by atoms with Crippen molar-refractivity contribution in [2.75, 3.05) is 11.3 Å². The van der Waals surface area contributed by atoms with Crippen LogP contribution >= 0.6 is 0 Å². The van der Waals surface area contributed by atoms with E-state index in [2.05, 4.69) is 9.44 Å². The second-order valence-electron chi connectivity index (χ2n) is 5.93. The van der Waals surface area contributed by atoms with E-state index < -0.39 is 20.0 Å². The van der Waals surface area contributed by atoms with E-state index >= 15 is 0 Å². The number of ether oxygens (including phenoxy) is 1. The Balaban J connectivity index is 1.73. The third-order valence-electron chi connectivity index (χ3n) is 3.76. The Morgan fingerprint density at radius 3 is 1.96 bits per heavy atom. The molecule has 0 unspecified atom stereocenters. The van der Waals surface area contributed by atoms with Crippen molar-refractivity contribution in [2.45, 2.75) is 35.6 Å². The van der Waals surface area contributed by atoms with Crippen LogP contribution in [0.25, 0.3) is 0 Å². The van der Waals surface area contributed by atoms with Crippen LogP contribution < -0.4 is 14.2 Å². The average Bonchev–Trinajstić information content (AvgIpc) is 3.39. The number of nitrogens with one attached hydrogen (secondary N) is 2. The molecule has 0 saturated heterocycles. The van der Waals surface area contributed by atoms with Gasteiger partial charge in [-0.15, -0.1) is 0 Å². The first kappa shape index (κ1) is 18.7. The molecule has 0 radical (unpaired) electrons. The van der Waals surface area contributed by atoms with Gasteiger partial charge in [-0.3, -0.25) is 4.72 Å². The van der Waals surface area contributed by atoms with E-state index in [9.17, 15) is 16.8 Å². The molecule has 26 heavy (non-hydrogen) atoms. The first-order valence-electron chi connectivity index (χ1n) is 8.18. The Hall–Kier alpha value is -2.10. The molecule has 0 amide bonds. The fourth-order valence-corrected chi connectivity index (χ4v) is 4.65. The summed E-state index contributed by atoms with van der Waals surface area (Å²) in [4.78, 5) is 0.196. The molecule has 1 saturated carbocycles. The van der Waals surface area contributed by atoms with Crippen molar-refractivity contribution in [3.8, 4) is 5.75 Å². The van der Waals surface area contributed by atoms with Gasteiger partial charge in [-0.1, -0.05) is 0 Å². The van der Waals surface area contributed by atoms with E-state index in [-0.39, 0.29) is 21.5 Å². The van der Waals surface area contributed by atoms with Gasteiger partial charge in [0.25, 0.3) is 10.0 Å². The van der Waals surface area contributed by atoms with Crippen molar-refractivity contribution in [3.05, 3.63) is 48.5 Å². The molecule has 0 aromatic heterocycles. The molecule has 3 rings (SSSR count). The molecule has 2 aromatic rings. The molecule has 0 heterocycles. The zero-order valence-electron chi connectivity index (χ0n) is 14.2. The lowest BCUT2D eigenvalue weighted by atomic mass is 10.3. The smallest absolute Gasteiger partial charge is 0.261 e. The number of sulfonamides is 2. The maximum atomic E-state index is 12.4. The lowest BCUT2D eigenvalue weighted by molar-refractivity contribution is 0.340. The van der Waals surface area contributed by atoms with E-state index in [1.807, 2.05) is 6.92 Å². The number of hydrogen-bond donors (Lipinski definition) is 2. The Morgan fingerprint density at radius 1 is 0.885 bits per heavy atom. The summed E-state index contributed by atoms with van der Waals surface area (Å²) in [6.45, 7) is 2.34. The fourth-order valence-electron chi connectivity index (χ4n) is 2.29. The van der Waals surface area contributed by atoms with Gasteiger partial charge in [-0.2, -0.15) is 0 Å². The minimum atomic E-state index is -3.77. The highest BCUT2D eigenvalue weighted by molar-refractivity contribution is 7.92. The largest absolute Gasteiger partial charge is 0.494 e. The van der Waals surface area contributed by atoms with Gasteiger partial charge in [-0.05, 0) is 68.3 Å². The highest BCUT2D eigenvalue weighted by Gasteiger charge is 2.27. The van der Waals surface area contributed by atoms with Gasteiger partial charge < -0.3 is 4.74 Å². The zero-order valence-corrected chi connectivity index (χ0v) is 15.8. The summed E-state index contributed by atoms with van der Waals surface area (Å²) in [5.41, 5.74) is 0.282.